The number of rotatable bonds is 5. The molecule has 1 N–H and O–H groups in total. The van der Waals surface area contributed by atoms with Crippen molar-refractivity contribution in [3.63, 3.8) is 0 Å². The Balaban J connectivity index is 2.16. The minimum Gasteiger partial charge on any atom is -0.389 e. The maximum absolute atomic E-state index is 9.71. The Morgan fingerprint density at radius 1 is 1.50 bits per heavy atom. The first-order valence-electron chi connectivity index (χ1n) is 5.63. The van der Waals surface area contributed by atoms with E-state index in [0.29, 0.717) is 12.6 Å². The van der Waals surface area contributed by atoms with E-state index in [2.05, 4.69) is 11.8 Å². The quantitative estimate of drug-likeness (QED) is 0.727. The van der Waals surface area contributed by atoms with E-state index in [0.717, 1.165) is 13.1 Å². The third-order valence-electron chi connectivity index (χ3n) is 2.76. The summed E-state index contributed by atoms with van der Waals surface area (Å²) < 4.78 is 5.37. The lowest BCUT2D eigenvalue weighted by Crippen LogP contribution is -2.37. The van der Waals surface area contributed by atoms with Crippen molar-refractivity contribution >= 4 is 0 Å². The van der Waals surface area contributed by atoms with E-state index in [1.165, 1.54) is 12.8 Å². The maximum atomic E-state index is 9.71. The Morgan fingerprint density at radius 3 is 2.71 bits per heavy atom. The largest absolute Gasteiger partial charge is 0.389 e. The molecule has 1 rings (SSSR count). The molecule has 14 heavy (non-hydrogen) atoms. The zero-order valence-electron chi connectivity index (χ0n) is 9.57. The van der Waals surface area contributed by atoms with Crippen LogP contribution in [-0.4, -0.2) is 48.0 Å². The van der Waals surface area contributed by atoms with E-state index >= 15 is 0 Å². The topological polar surface area (TPSA) is 32.7 Å². The molecule has 1 fully saturated rings. The van der Waals surface area contributed by atoms with Crippen molar-refractivity contribution in [1.29, 1.82) is 0 Å². The molecule has 0 bridgehead atoms. The number of aliphatic hydroxyl groups excluding tert-OH is 1. The summed E-state index contributed by atoms with van der Waals surface area (Å²) in [7, 11) is 0. The Bertz CT molecular complexity index is 161. The Hall–Kier alpha value is -0.120. The van der Waals surface area contributed by atoms with Crippen molar-refractivity contribution < 1.29 is 9.84 Å². The van der Waals surface area contributed by atoms with E-state index in [-0.39, 0.29) is 12.2 Å². The molecule has 0 radical (unpaired) electrons. The van der Waals surface area contributed by atoms with Gasteiger partial charge in [-0.3, -0.25) is 4.90 Å². The van der Waals surface area contributed by atoms with E-state index in [4.69, 9.17) is 4.74 Å². The molecular weight excluding hydrogens is 178 g/mol. The molecule has 1 saturated heterocycles. The molecule has 1 aliphatic heterocycles. The van der Waals surface area contributed by atoms with Crippen molar-refractivity contribution in [3.05, 3.63) is 0 Å². The maximum Gasteiger partial charge on any atom is 0.0900 e. The predicted octanol–water partition coefficient (Wildman–Crippen LogP) is 1.26. The molecule has 0 aromatic heterocycles. The van der Waals surface area contributed by atoms with Crippen molar-refractivity contribution in [3.8, 4) is 0 Å². The second kappa shape index (κ2) is 5.69. The summed E-state index contributed by atoms with van der Waals surface area (Å²) in [5.74, 6) is 0. The predicted molar refractivity (Wildman–Crippen MR) is 57.4 cm³/mol. The Morgan fingerprint density at radius 2 is 2.21 bits per heavy atom. The average Bonchev–Trinajstić information content (AvgIpc) is 2.49. The third-order valence-corrected chi connectivity index (χ3v) is 2.76. The van der Waals surface area contributed by atoms with E-state index in [1.54, 1.807) is 0 Å². The van der Waals surface area contributed by atoms with Gasteiger partial charge in [0.2, 0.25) is 0 Å². The van der Waals surface area contributed by atoms with Gasteiger partial charge in [0.05, 0.1) is 18.8 Å². The third kappa shape index (κ3) is 3.95. The number of hydrogen-bond donors (Lipinski definition) is 1. The Labute approximate surface area is 87.1 Å². The van der Waals surface area contributed by atoms with Gasteiger partial charge in [-0.05, 0) is 40.2 Å². The zero-order chi connectivity index (χ0) is 10.6. The monoisotopic (exact) mass is 201 g/mol. The molecule has 3 heteroatoms. The summed E-state index contributed by atoms with van der Waals surface area (Å²) in [4.78, 5) is 2.34. The van der Waals surface area contributed by atoms with Gasteiger partial charge in [0.25, 0.3) is 0 Å². The lowest BCUT2D eigenvalue weighted by atomic mass is 10.2. The van der Waals surface area contributed by atoms with Crippen LogP contribution in [0.3, 0.4) is 0 Å². The molecule has 2 atom stereocenters. The molecule has 0 aromatic carbocycles. The molecule has 0 spiro atoms. The lowest BCUT2D eigenvalue weighted by molar-refractivity contribution is -0.00923. The fourth-order valence-electron chi connectivity index (χ4n) is 1.89. The van der Waals surface area contributed by atoms with Crippen molar-refractivity contribution in [2.75, 3.05) is 19.7 Å². The number of likely N-dealkylation sites (tertiary alicyclic amines) is 1. The van der Waals surface area contributed by atoms with Crippen LogP contribution in [0.5, 0.6) is 0 Å². The van der Waals surface area contributed by atoms with Crippen LogP contribution in [0.4, 0.5) is 0 Å². The Kier molecular flexibility index (Phi) is 4.85. The zero-order valence-corrected chi connectivity index (χ0v) is 9.57. The molecule has 3 nitrogen and oxygen atoms in total. The summed E-state index contributed by atoms with van der Waals surface area (Å²) in [6.07, 6.45) is 2.40. The summed E-state index contributed by atoms with van der Waals surface area (Å²) in [5, 5.41) is 9.71. The van der Waals surface area contributed by atoms with Crippen LogP contribution in [0, 0.1) is 0 Å². The van der Waals surface area contributed by atoms with E-state index in [1.807, 2.05) is 13.8 Å². The van der Waals surface area contributed by atoms with Gasteiger partial charge in [-0.25, -0.2) is 0 Å². The highest BCUT2D eigenvalue weighted by Crippen LogP contribution is 2.16. The van der Waals surface area contributed by atoms with Gasteiger partial charge in [0, 0.05) is 12.6 Å². The molecule has 2 unspecified atom stereocenters. The van der Waals surface area contributed by atoms with Crippen LogP contribution < -0.4 is 0 Å². The smallest absolute Gasteiger partial charge is 0.0900 e. The van der Waals surface area contributed by atoms with Gasteiger partial charge in [-0.2, -0.15) is 0 Å². The first-order valence-corrected chi connectivity index (χ1v) is 5.63. The highest BCUT2D eigenvalue weighted by Gasteiger charge is 2.22. The SMILES string of the molecule is CC(C)OCC(O)CN1CCCC1C. The van der Waals surface area contributed by atoms with Gasteiger partial charge >= 0.3 is 0 Å². The normalized spacial score (nSPS) is 25.9. The van der Waals surface area contributed by atoms with Gasteiger partial charge < -0.3 is 9.84 Å². The van der Waals surface area contributed by atoms with Crippen LogP contribution in [-0.2, 0) is 4.74 Å². The minimum atomic E-state index is -0.335. The fourth-order valence-corrected chi connectivity index (χ4v) is 1.89. The molecule has 0 aliphatic carbocycles. The number of ether oxygens (including phenoxy) is 1. The number of β-amino-alcohol motifs (C(OH)–C–C–N with tert-alkyl or cyclic N) is 1. The standard InChI is InChI=1S/C11H23NO2/c1-9(2)14-8-11(13)7-12-6-4-5-10(12)3/h9-11,13H,4-8H2,1-3H3. The lowest BCUT2D eigenvalue weighted by Gasteiger charge is -2.24. The average molecular weight is 201 g/mol. The van der Waals surface area contributed by atoms with Gasteiger partial charge in [-0.1, -0.05) is 0 Å². The summed E-state index contributed by atoms with van der Waals surface area (Å²) in [6, 6.07) is 0.628. The highest BCUT2D eigenvalue weighted by atomic mass is 16.5. The summed E-state index contributed by atoms with van der Waals surface area (Å²) >= 11 is 0. The van der Waals surface area contributed by atoms with Crippen LogP contribution in [0.2, 0.25) is 0 Å². The van der Waals surface area contributed by atoms with Gasteiger partial charge in [0.1, 0.15) is 0 Å². The first-order chi connectivity index (χ1) is 6.59. The second-order valence-electron chi connectivity index (χ2n) is 4.52. The molecule has 84 valence electrons. The molecule has 1 heterocycles. The van der Waals surface area contributed by atoms with Crippen LogP contribution in [0.15, 0.2) is 0 Å². The van der Waals surface area contributed by atoms with E-state index < -0.39 is 0 Å². The molecule has 0 amide bonds. The van der Waals surface area contributed by atoms with Gasteiger partial charge in [-0.15, -0.1) is 0 Å². The summed E-state index contributed by atoms with van der Waals surface area (Å²) in [5.41, 5.74) is 0. The molecule has 0 saturated carbocycles. The first kappa shape index (κ1) is 12.0. The van der Waals surface area contributed by atoms with Crippen LogP contribution >= 0.6 is 0 Å². The number of aliphatic hydroxyl groups is 1. The van der Waals surface area contributed by atoms with Crippen molar-refractivity contribution in [2.45, 2.75) is 51.9 Å². The minimum absolute atomic E-state index is 0.209. The number of hydrogen-bond acceptors (Lipinski definition) is 3. The highest BCUT2D eigenvalue weighted by molar-refractivity contribution is 4.77. The van der Waals surface area contributed by atoms with Crippen molar-refractivity contribution in [1.82, 2.24) is 4.90 Å². The molecule has 0 aromatic rings. The second-order valence-corrected chi connectivity index (χ2v) is 4.52. The van der Waals surface area contributed by atoms with Crippen LogP contribution in [0.25, 0.3) is 0 Å². The summed E-state index contributed by atoms with van der Waals surface area (Å²) in [6.45, 7) is 8.55. The number of nitrogens with zero attached hydrogens (tertiary/aromatic N) is 1. The molecule has 1 aliphatic rings. The molecular formula is C11H23NO2. The fraction of sp³-hybridized carbons (Fsp3) is 1.00. The van der Waals surface area contributed by atoms with Crippen LogP contribution in [0.1, 0.15) is 33.6 Å². The van der Waals surface area contributed by atoms with Crippen molar-refractivity contribution in [2.24, 2.45) is 0 Å². The van der Waals surface area contributed by atoms with Gasteiger partial charge in [0.15, 0.2) is 0 Å². The van der Waals surface area contributed by atoms with E-state index in [9.17, 15) is 5.11 Å².